The van der Waals surface area contributed by atoms with Gasteiger partial charge in [-0.1, -0.05) is 0 Å². The van der Waals surface area contributed by atoms with Crippen molar-refractivity contribution >= 4 is 6.03 Å². The summed E-state index contributed by atoms with van der Waals surface area (Å²) in [4.78, 5) is 13.2. The van der Waals surface area contributed by atoms with Crippen molar-refractivity contribution in [1.29, 1.82) is 0 Å². The lowest BCUT2D eigenvalue weighted by Gasteiger charge is -2.16. The van der Waals surface area contributed by atoms with Gasteiger partial charge in [-0.15, -0.1) is 0 Å². The van der Waals surface area contributed by atoms with Crippen LogP contribution in [0.15, 0.2) is 0 Å². The molecule has 0 saturated heterocycles. The molecule has 0 rings (SSSR count). The summed E-state index contributed by atoms with van der Waals surface area (Å²) in [7, 11) is 1.97. The van der Waals surface area contributed by atoms with Gasteiger partial charge in [0.2, 0.25) is 0 Å². The Morgan fingerprint density at radius 3 is 2.60 bits per heavy atom. The minimum Gasteiger partial charge on any atom is -0.396 e. The summed E-state index contributed by atoms with van der Waals surface area (Å²) in [6.07, 6.45) is 0.773. The standard InChI is InChI=1S/C10H23N3O2/c1-9(2)12-10(15)11-5-7-13(3)6-4-8-14/h9,14H,4-8H2,1-3H3,(H2,11,12,15). The van der Waals surface area contributed by atoms with Crippen molar-refractivity contribution in [3.05, 3.63) is 0 Å². The normalized spacial score (nSPS) is 10.8. The lowest BCUT2D eigenvalue weighted by molar-refractivity contribution is 0.231. The number of amides is 2. The molecule has 0 bridgehead atoms. The Balaban J connectivity index is 3.40. The lowest BCUT2D eigenvalue weighted by atomic mass is 10.4. The Morgan fingerprint density at radius 1 is 1.40 bits per heavy atom. The second-order valence-electron chi connectivity index (χ2n) is 3.94. The first-order chi connectivity index (χ1) is 7.06. The van der Waals surface area contributed by atoms with E-state index < -0.39 is 0 Å². The molecular formula is C10H23N3O2. The fourth-order valence-corrected chi connectivity index (χ4v) is 1.13. The third-order valence-electron chi connectivity index (χ3n) is 1.90. The number of urea groups is 1. The van der Waals surface area contributed by atoms with Gasteiger partial charge >= 0.3 is 6.03 Å². The number of nitrogens with one attached hydrogen (secondary N) is 2. The van der Waals surface area contributed by atoms with Gasteiger partial charge in [-0.05, 0) is 27.3 Å². The van der Waals surface area contributed by atoms with Gasteiger partial charge in [-0.3, -0.25) is 0 Å². The molecule has 0 aromatic rings. The van der Waals surface area contributed by atoms with Crippen LogP contribution in [0.5, 0.6) is 0 Å². The number of aliphatic hydroxyl groups is 1. The van der Waals surface area contributed by atoms with E-state index >= 15 is 0 Å². The van der Waals surface area contributed by atoms with E-state index in [0.717, 1.165) is 19.5 Å². The molecule has 0 aromatic carbocycles. The maximum atomic E-state index is 11.2. The molecule has 0 aliphatic heterocycles. The molecule has 5 nitrogen and oxygen atoms in total. The van der Waals surface area contributed by atoms with Crippen molar-refractivity contribution in [3.8, 4) is 0 Å². The molecule has 3 N–H and O–H groups in total. The number of likely N-dealkylation sites (N-methyl/N-ethyl adjacent to an activating group) is 1. The predicted octanol–water partition coefficient (Wildman–Crippen LogP) is 0.00820. The van der Waals surface area contributed by atoms with Gasteiger partial charge in [0.25, 0.3) is 0 Å². The quantitative estimate of drug-likeness (QED) is 0.563. The Hall–Kier alpha value is -0.810. The van der Waals surface area contributed by atoms with Gasteiger partial charge in [0, 0.05) is 32.3 Å². The summed E-state index contributed by atoms with van der Waals surface area (Å²) in [6.45, 7) is 6.33. The molecule has 15 heavy (non-hydrogen) atoms. The highest BCUT2D eigenvalue weighted by Gasteiger charge is 2.02. The SMILES string of the molecule is CC(C)NC(=O)NCCN(C)CCCO. The monoisotopic (exact) mass is 217 g/mol. The van der Waals surface area contributed by atoms with Crippen LogP contribution in [0.4, 0.5) is 4.79 Å². The Bertz CT molecular complexity index is 174. The maximum Gasteiger partial charge on any atom is 0.315 e. The zero-order valence-corrected chi connectivity index (χ0v) is 9.92. The summed E-state index contributed by atoms with van der Waals surface area (Å²) in [5.41, 5.74) is 0. The molecule has 0 radical (unpaired) electrons. The fraction of sp³-hybridized carbons (Fsp3) is 0.900. The average molecular weight is 217 g/mol. The van der Waals surface area contributed by atoms with Crippen LogP contribution in [0, 0.1) is 0 Å². The minimum absolute atomic E-state index is 0.124. The van der Waals surface area contributed by atoms with Crippen LogP contribution in [0.2, 0.25) is 0 Å². The molecule has 0 atom stereocenters. The number of hydrogen-bond donors (Lipinski definition) is 3. The second kappa shape index (κ2) is 8.49. The van der Waals surface area contributed by atoms with Gasteiger partial charge in [-0.2, -0.15) is 0 Å². The first kappa shape index (κ1) is 14.2. The first-order valence-electron chi connectivity index (χ1n) is 5.40. The van der Waals surface area contributed by atoms with Crippen LogP contribution in [-0.4, -0.2) is 55.4 Å². The van der Waals surface area contributed by atoms with E-state index in [1.54, 1.807) is 0 Å². The zero-order chi connectivity index (χ0) is 11.7. The Labute approximate surface area is 91.8 Å². The molecule has 0 aliphatic carbocycles. The molecular weight excluding hydrogens is 194 g/mol. The van der Waals surface area contributed by atoms with Crippen LogP contribution >= 0.6 is 0 Å². The minimum atomic E-state index is -0.124. The first-order valence-corrected chi connectivity index (χ1v) is 5.40. The van der Waals surface area contributed by atoms with Crippen LogP contribution in [0.1, 0.15) is 20.3 Å². The van der Waals surface area contributed by atoms with Gasteiger partial charge < -0.3 is 20.6 Å². The summed E-state index contributed by atoms with van der Waals surface area (Å²) < 4.78 is 0. The smallest absolute Gasteiger partial charge is 0.315 e. The van der Waals surface area contributed by atoms with Gasteiger partial charge in [-0.25, -0.2) is 4.79 Å². The van der Waals surface area contributed by atoms with Crippen LogP contribution in [0.25, 0.3) is 0 Å². The van der Waals surface area contributed by atoms with E-state index in [0.29, 0.717) is 6.54 Å². The van der Waals surface area contributed by atoms with Crippen molar-refractivity contribution in [2.24, 2.45) is 0 Å². The van der Waals surface area contributed by atoms with Crippen molar-refractivity contribution in [2.75, 3.05) is 33.3 Å². The van der Waals surface area contributed by atoms with Gasteiger partial charge in [0.05, 0.1) is 0 Å². The van der Waals surface area contributed by atoms with Crippen molar-refractivity contribution in [1.82, 2.24) is 15.5 Å². The Kier molecular flexibility index (Phi) is 8.04. The number of rotatable bonds is 7. The number of carbonyl (C=O) groups excluding carboxylic acids is 1. The third-order valence-corrected chi connectivity index (χ3v) is 1.90. The largest absolute Gasteiger partial charge is 0.396 e. The van der Waals surface area contributed by atoms with Crippen molar-refractivity contribution in [3.63, 3.8) is 0 Å². The van der Waals surface area contributed by atoms with E-state index in [1.165, 1.54) is 0 Å². The summed E-state index contributed by atoms with van der Waals surface area (Å²) >= 11 is 0. The molecule has 2 amide bonds. The lowest BCUT2D eigenvalue weighted by Crippen LogP contribution is -2.42. The van der Waals surface area contributed by atoms with E-state index in [2.05, 4.69) is 15.5 Å². The molecule has 0 aromatic heterocycles. The van der Waals surface area contributed by atoms with E-state index in [9.17, 15) is 4.79 Å². The topological polar surface area (TPSA) is 64.6 Å². The van der Waals surface area contributed by atoms with Crippen LogP contribution < -0.4 is 10.6 Å². The molecule has 90 valence electrons. The highest BCUT2D eigenvalue weighted by Crippen LogP contribution is 1.85. The zero-order valence-electron chi connectivity index (χ0n) is 9.92. The van der Waals surface area contributed by atoms with E-state index in [1.807, 2.05) is 20.9 Å². The predicted molar refractivity (Wildman–Crippen MR) is 60.9 cm³/mol. The number of nitrogens with zero attached hydrogens (tertiary/aromatic N) is 1. The molecule has 0 saturated carbocycles. The fourth-order valence-electron chi connectivity index (χ4n) is 1.13. The number of carbonyl (C=O) groups is 1. The number of hydrogen-bond acceptors (Lipinski definition) is 3. The summed E-state index contributed by atoms with van der Waals surface area (Å²) in [6, 6.07) is 0.0395. The van der Waals surface area contributed by atoms with Crippen molar-refractivity contribution in [2.45, 2.75) is 26.3 Å². The third kappa shape index (κ3) is 9.49. The molecule has 0 spiro atoms. The van der Waals surface area contributed by atoms with Gasteiger partial charge in [0.1, 0.15) is 0 Å². The number of aliphatic hydroxyl groups excluding tert-OH is 1. The van der Waals surface area contributed by atoms with Crippen molar-refractivity contribution < 1.29 is 9.90 Å². The van der Waals surface area contributed by atoms with E-state index in [4.69, 9.17) is 5.11 Å². The summed E-state index contributed by atoms with van der Waals surface area (Å²) in [5.74, 6) is 0. The molecule has 5 heteroatoms. The van der Waals surface area contributed by atoms with E-state index in [-0.39, 0.29) is 18.7 Å². The molecule has 0 aliphatic rings. The van der Waals surface area contributed by atoms with Crippen LogP contribution in [0.3, 0.4) is 0 Å². The summed E-state index contributed by atoms with van der Waals surface area (Å²) in [5, 5.41) is 14.1. The Morgan fingerprint density at radius 2 is 2.07 bits per heavy atom. The van der Waals surface area contributed by atoms with Gasteiger partial charge in [0.15, 0.2) is 0 Å². The average Bonchev–Trinajstić information content (AvgIpc) is 2.13. The molecule has 0 heterocycles. The maximum absolute atomic E-state index is 11.2. The molecule has 0 fully saturated rings. The highest BCUT2D eigenvalue weighted by molar-refractivity contribution is 5.74. The second-order valence-corrected chi connectivity index (χ2v) is 3.94. The molecule has 0 unspecified atom stereocenters. The van der Waals surface area contributed by atoms with Crippen LogP contribution in [-0.2, 0) is 0 Å². The highest BCUT2D eigenvalue weighted by atomic mass is 16.3.